The number of halogens is 1. The van der Waals surface area contributed by atoms with Crippen molar-refractivity contribution in [3.63, 3.8) is 0 Å². The third kappa shape index (κ3) is 3.34. The molecule has 0 saturated heterocycles. The van der Waals surface area contributed by atoms with E-state index in [2.05, 4.69) is 21.9 Å². The summed E-state index contributed by atoms with van der Waals surface area (Å²) in [7, 11) is -3.56. The first-order valence-electron chi connectivity index (χ1n) is 4.75. The average Bonchev–Trinajstić information content (AvgIpc) is 2.33. The summed E-state index contributed by atoms with van der Waals surface area (Å²) in [5, 5.41) is 10.8. The summed E-state index contributed by atoms with van der Waals surface area (Å²) < 4.78 is 38.4. The molecule has 0 amide bonds. The molecule has 0 bridgehead atoms. The van der Waals surface area contributed by atoms with Gasteiger partial charge in [0, 0.05) is 0 Å². The van der Waals surface area contributed by atoms with Gasteiger partial charge in [-0.1, -0.05) is 0 Å². The molecule has 0 aliphatic carbocycles. The molecule has 94 valence electrons. The molecule has 0 radical (unpaired) electrons. The molecule has 0 unspecified atom stereocenters. The van der Waals surface area contributed by atoms with Crippen LogP contribution in [0.1, 0.15) is 12.5 Å². The summed E-state index contributed by atoms with van der Waals surface area (Å²) in [5.41, 5.74) is -0.351. The molecule has 0 atom stereocenters. The van der Waals surface area contributed by atoms with Crippen molar-refractivity contribution in [2.75, 3.05) is 10.5 Å². The van der Waals surface area contributed by atoms with E-state index in [0.717, 1.165) is 12.1 Å². The molecule has 1 N–H and O–H groups in total. The molecule has 0 fully saturated rings. The first-order valence-corrected chi connectivity index (χ1v) is 6.81. The number of nitrogens with zero attached hydrogens (tertiary/aromatic N) is 2. The molecular formula is C10H8FN3O2S2. The standard InChI is InChI=1S/C10H8FN3O2S2/c1-2-18(15,16)14-9-4-10(13-6-17)8(11)3-7(9)5-12/h3-4,14H,2H2,1H3. The van der Waals surface area contributed by atoms with Crippen molar-refractivity contribution in [1.82, 2.24) is 0 Å². The SMILES string of the molecule is CCS(=O)(=O)Nc1cc(N=C=S)c(F)cc1C#N. The number of isothiocyanates is 1. The number of rotatable bonds is 4. The Morgan fingerprint density at radius 3 is 2.72 bits per heavy atom. The van der Waals surface area contributed by atoms with Gasteiger partial charge >= 0.3 is 0 Å². The molecule has 0 aliphatic heterocycles. The van der Waals surface area contributed by atoms with E-state index in [1.807, 2.05) is 5.16 Å². The van der Waals surface area contributed by atoms with Gasteiger partial charge in [0.05, 0.1) is 22.2 Å². The van der Waals surface area contributed by atoms with E-state index in [-0.39, 0.29) is 22.7 Å². The molecule has 18 heavy (non-hydrogen) atoms. The van der Waals surface area contributed by atoms with E-state index in [9.17, 15) is 12.8 Å². The highest BCUT2D eigenvalue weighted by Crippen LogP contribution is 2.26. The molecule has 0 aromatic heterocycles. The zero-order valence-corrected chi connectivity index (χ0v) is 10.9. The maximum Gasteiger partial charge on any atom is 0.232 e. The van der Waals surface area contributed by atoms with Gasteiger partial charge in [-0.25, -0.2) is 12.8 Å². The minimum absolute atomic E-state index is 0.0373. The summed E-state index contributed by atoms with van der Waals surface area (Å²) in [6.45, 7) is 1.44. The molecule has 0 spiro atoms. The number of thiocarbonyl (C=S) groups is 1. The molecule has 1 aromatic rings. The number of benzene rings is 1. The Morgan fingerprint density at radius 1 is 1.56 bits per heavy atom. The van der Waals surface area contributed by atoms with Crippen LogP contribution < -0.4 is 4.72 Å². The number of hydrogen-bond donors (Lipinski definition) is 1. The van der Waals surface area contributed by atoms with Gasteiger partial charge in [0.1, 0.15) is 11.8 Å². The summed E-state index contributed by atoms with van der Waals surface area (Å²) in [6.07, 6.45) is 0. The first kappa shape index (κ1) is 14.3. The lowest BCUT2D eigenvalue weighted by atomic mass is 10.2. The molecule has 8 heteroatoms. The number of anilines is 1. The zero-order chi connectivity index (χ0) is 13.8. The number of aliphatic imine (C=N–C) groups is 1. The molecule has 0 saturated carbocycles. The number of sulfonamides is 1. The topological polar surface area (TPSA) is 82.3 Å². The van der Waals surface area contributed by atoms with Crippen molar-refractivity contribution >= 4 is 38.8 Å². The second-order valence-corrected chi connectivity index (χ2v) is 5.36. The van der Waals surface area contributed by atoms with E-state index in [4.69, 9.17) is 5.26 Å². The van der Waals surface area contributed by atoms with Crippen LogP contribution in [0, 0.1) is 17.1 Å². The van der Waals surface area contributed by atoms with Gasteiger partial charge in [-0.15, -0.1) is 0 Å². The molecular weight excluding hydrogens is 277 g/mol. The molecule has 0 heterocycles. The predicted molar refractivity (Wildman–Crippen MR) is 68.9 cm³/mol. The fraction of sp³-hybridized carbons (Fsp3) is 0.200. The van der Waals surface area contributed by atoms with Gasteiger partial charge in [0.25, 0.3) is 0 Å². The fourth-order valence-corrected chi connectivity index (χ4v) is 1.86. The second-order valence-electron chi connectivity index (χ2n) is 3.17. The fourth-order valence-electron chi connectivity index (χ4n) is 1.11. The van der Waals surface area contributed by atoms with Crippen molar-refractivity contribution in [2.24, 2.45) is 4.99 Å². The van der Waals surface area contributed by atoms with E-state index in [1.54, 1.807) is 6.07 Å². The van der Waals surface area contributed by atoms with E-state index in [0.29, 0.717) is 0 Å². The molecule has 0 aliphatic rings. The minimum Gasteiger partial charge on any atom is -0.282 e. The van der Waals surface area contributed by atoms with Crippen molar-refractivity contribution in [2.45, 2.75) is 6.92 Å². The summed E-state index contributed by atoms with van der Waals surface area (Å²) in [5.74, 6) is -0.940. The Bertz CT molecular complexity index is 658. The minimum atomic E-state index is -3.56. The van der Waals surface area contributed by atoms with Crippen molar-refractivity contribution < 1.29 is 12.8 Å². The maximum atomic E-state index is 13.4. The van der Waals surface area contributed by atoms with Crippen molar-refractivity contribution in [1.29, 1.82) is 5.26 Å². The van der Waals surface area contributed by atoms with Crippen LogP contribution in [0.3, 0.4) is 0 Å². The van der Waals surface area contributed by atoms with Crippen molar-refractivity contribution in [3.05, 3.63) is 23.5 Å². The lowest BCUT2D eigenvalue weighted by molar-refractivity contribution is 0.602. The normalized spacial score (nSPS) is 10.3. The lowest BCUT2D eigenvalue weighted by Crippen LogP contribution is -2.15. The van der Waals surface area contributed by atoms with Gasteiger partial charge in [0.15, 0.2) is 5.82 Å². The van der Waals surface area contributed by atoms with Crippen molar-refractivity contribution in [3.8, 4) is 6.07 Å². The first-order chi connectivity index (χ1) is 8.43. The highest BCUT2D eigenvalue weighted by Gasteiger charge is 2.14. The Kier molecular flexibility index (Phi) is 4.50. The van der Waals surface area contributed by atoms with E-state index < -0.39 is 15.8 Å². The highest BCUT2D eigenvalue weighted by molar-refractivity contribution is 7.92. The van der Waals surface area contributed by atoms with Crippen LogP contribution in [0.15, 0.2) is 17.1 Å². The van der Waals surface area contributed by atoms with Crippen LogP contribution in [0.4, 0.5) is 15.8 Å². The summed E-state index contributed by atoms with van der Waals surface area (Å²) in [4.78, 5) is 3.44. The Hall–Kier alpha value is -1.81. The van der Waals surface area contributed by atoms with Crippen LogP contribution >= 0.6 is 12.2 Å². The maximum absolute atomic E-state index is 13.4. The quantitative estimate of drug-likeness (QED) is 0.679. The monoisotopic (exact) mass is 285 g/mol. The summed E-state index contributed by atoms with van der Waals surface area (Å²) >= 11 is 4.34. The van der Waals surface area contributed by atoms with Crippen LogP contribution in [0.5, 0.6) is 0 Å². The van der Waals surface area contributed by atoms with Gasteiger partial charge in [-0.05, 0) is 31.3 Å². The predicted octanol–water partition coefficient (Wildman–Crippen LogP) is 2.19. The number of hydrogen-bond acceptors (Lipinski definition) is 5. The Balaban J connectivity index is 3.38. The smallest absolute Gasteiger partial charge is 0.232 e. The number of nitriles is 1. The van der Waals surface area contributed by atoms with E-state index in [1.165, 1.54) is 6.92 Å². The largest absolute Gasteiger partial charge is 0.282 e. The van der Waals surface area contributed by atoms with Gasteiger partial charge in [0.2, 0.25) is 10.0 Å². The summed E-state index contributed by atoms with van der Waals surface area (Å²) in [6, 6.07) is 3.68. The van der Waals surface area contributed by atoms with Crippen LogP contribution in [-0.2, 0) is 10.0 Å². The van der Waals surface area contributed by atoms with E-state index >= 15 is 0 Å². The third-order valence-corrected chi connectivity index (χ3v) is 3.40. The average molecular weight is 285 g/mol. The molecule has 1 aromatic carbocycles. The Morgan fingerprint density at radius 2 is 2.22 bits per heavy atom. The van der Waals surface area contributed by atoms with Gasteiger partial charge < -0.3 is 0 Å². The zero-order valence-electron chi connectivity index (χ0n) is 9.27. The molecule has 5 nitrogen and oxygen atoms in total. The molecule has 1 rings (SSSR count). The van der Waals surface area contributed by atoms with Gasteiger partial charge in [-0.2, -0.15) is 10.3 Å². The Labute approximate surface area is 109 Å². The third-order valence-electron chi connectivity index (χ3n) is 2.02. The van der Waals surface area contributed by atoms with Crippen LogP contribution in [0.2, 0.25) is 0 Å². The van der Waals surface area contributed by atoms with Crippen LogP contribution in [-0.4, -0.2) is 19.3 Å². The van der Waals surface area contributed by atoms with Gasteiger partial charge in [-0.3, -0.25) is 4.72 Å². The lowest BCUT2D eigenvalue weighted by Gasteiger charge is -2.08. The second kappa shape index (κ2) is 5.69. The highest BCUT2D eigenvalue weighted by atomic mass is 32.2. The number of nitrogens with one attached hydrogen (secondary N) is 1. The van der Waals surface area contributed by atoms with Crippen LogP contribution in [0.25, 0.3) is 0 Å².